The third-order valence-electron chi connectivity index (χ3n) is 4.86. The molecule has 2 aromatic rings. The second kappa shape index (κ2) is 6.88. The van der Waals surface area contributed by atoms with E-state index in [1.807, 2.05) is 12.1 Å². The topological polar surface area (TPSA) is 71.0 Å². The predicted octanol–water partition coefficient (Wildman–Crippen LogP) is 2.67. The normalized spacial score (nSPS) is 19.9. The number of alkyl carbamates (subject to hydrolysis) is 1. The Morgan fingerprint density at radius 2 is 2.15 bits per heavy atom. The first-order valence-electron chi connectivity index (χ1n) is 8.81. The molecule has 0 bridgehead atoms. The van der Waals surface area contributed by atoms with Crippen molar-refractivity contribution >= 4 is 6.09 Å². The van der Waals surface area contributed by atoms with E-state index in [-0.39, 0.29) is 17.9 Å². The molecule has 6 heteroatoms. The van der Waals surface area contributed by atoms with Gasteiger partial charge < -0.3 is 19.9 Å². The van der Waals surface area contributed by atoms with E-state index in [0.29, 0.717) is 38.5 Å². The van der Waals surface area contributed by atoms with Gasteiger partial charge in [-0.05, 0) is 35.7 Å². The van der Waals surface area contributed by atoms with Gasteiger partial charge in [0.05, 0.1) is 6.54 Å². The number of ether oxygens (including phenoxy) is 2. The lowest BCUT2D eigenvalue weighted by Gasteiger charge is -2.22. The largest absolute Gasteiger partial charge is 0.504 e. The number of aryl methyl sites for hydroxylation is 1. The van der Waals surface area contributed by atoms with Crippen LogP contribution < -0.4 is 10.1 Å². The van der Waals surface area contributed by atoms with Crippen LogP contribution in [-0.4, -0.2) is 48.4 Å². The lowest BCUT2D eigenvalue weighted by atomic mass is 9.98. The van der Waals surface area contributed by atoms with Crippen molar-refractivity contribution in [1.29, 1.82) is 0 Å². The summed E-state index contributed by atoms with van der Waals surface area (Å²) in [6, 6.07) is 11.9. The third-order valence-corrected chi connectivity index (χ3v) is 4.86. The number of aromatic hydroxyl groups is 1. The molecule has 0 radical (unpaired) electrons. The number of hydrogen-bond acceptors (Lipinski definition) is 5. The van der Waals surface area contributed by atoms with Crippen molar-refractivity contribution < 1.29 is 19.4 Å². The summed E-state index contributed by atoms with van der Waals surface area (Å²) in [6.45, 7) is 5.05. The predicted molar refractivity (Wildman–Crippen MR) is 97.3 cm³/mol. The zero-order chi connectivity index (χ0) is 18.1. The maximum absolute atomic E-state index is 11.2. The second-order valence-corrected chi connectivity index (χ2v) is 6.79. The average Bonchev–Trinajstić information content (AvgIpc) is 2.90. The maximum atomic E-state index is 11.2. The number of nitrogens with zero attached hydrogens (tertiary/aromatic N) is 1. The number of fused-ring (bicyclic) bond motifs is 1. The van der Waals surface area contributed by atoms with Crippen molar-refractivity contribution in [3.63, 3.8) is 0 Å². The second-order valence-electron chi connectivity index (χ2n) is 6.79. The summed E-state index contributed by atoms with van der Waals surface area (Å²) in [5, 5.41) is 13.2. The molecule has 1 saturated heterocycles. The molecule has 0 aromatic heterocycles. The van der Waals surface area contributed by atoms with Gasteiger partial charge in [0, 0.05) is 25.2 Å². The first-order chi connectivity index (χ1) is 12.6. The van der Waals surface area contributed by atoms with Crippen molar-refractivity contribution in [2.45, 2.75) is 19.6 Å². The van der Waals surface area contributed by atoms with Gasteiger partial charge in [-0.3, -0.25) is 4.90 Å². The third kappa shape index (κ3) is 3.32. The quantitative estimate of drug-likeness (QED) is 0.887. The van der Waals surface area contributed by atoms with Crippen molar-refractivity contribution in [1.82, 2.24) is 10.2 Å². The monoisotopic (exact) mass is 354 g/mol. The standard InChI is InChI=1S/C20H22N2O4/c1-13-4-2-3-5-17(13)14-8-15-11-22(12-16-10-21-20(24)26-16)6-7-25-19(15)18(23)9-14/h2-5,8-9,16,23H,6-7,10-12H2,1H3,(H,21,24). The lowest BCUT2D eigenvalue weighted by molar-refractivity contribution is 0.103. The number of cyclic esters (lactones) is 1. The zero-order valence-electron chi connectivity index (χ0n) is 14.7. The number of carbonyl (C=O) groups excluding carboxylic acids is 1. The molecule has 0 saturated carbocycles. The van der Waals surface area contributed by atoms with Crippen LogP contribution in [-0.2, 0) is 11.3 Å². The van der Waals surface area contributed by atoms with Gasteiger partial charge in [0.2, 0.25) is 0 Å². The summed E-state index contributed by atoms with van der Waals surface area (Å²) in [6.07, 6.45) is -0.516. The Hall–Kier alpha value is -2.73. The van der Waals surface area contributed by atoms with Crippen molar-refractivity contribution in [3.05, 3.63) is 47.5 Å². The molecule has 136 valence electrons. The number of benzene rings is 2. The van der Waals surface area contributed by atoms with Crippen LogP contribution in [0.15, 0.2) is 36.4 Å². The number of phenolic OH excluding ortho intramolecular Hbond substituents is 1. The highest BCUT2D eigenvalue weighted by molar-refractivity contribution is 5.71. The summed E-state index contributed by atoms with van der Waals surface area (Å²) < 4.78 is 11.0. The molecule has 0 aliphatic carbocycles. The number of hydrogen-bond donors (Lipinski definition) is 2. The van der Waals surface area contributed by atoms with Gasteiger partial charge in [-0.15, -0.1) is 0 Å². The Morgan fingerprint density at radius 3 is 2.92 bits per heavy atom. The minimum absolute atomic E-state index is 0.155. The van der Waals surface area contributed by atoms with Crippen LogP contribution in [0.4, 0.5) is 4.79 Å². The van der Waals surface area contributed by atoms with Crippen LogP contribution in [0.2, 0.25) is 0 Å². The number of rotatable bonds is 3. The van der Waals surface area contributed by atoms with Crippen LogP contribution in [0.1, 0.15) is 11.1 Å². The highest BCUT2D eigenvalue weighted by Crippen LogP contribution is 2.38. The lowest BCUT2D eigenvalue weighted by Crippen LogP contribution is -2.35. The van der Waals surface area contributed by atoms with E-state index in [9.17, 15) is 9.90 Å². The van der Waals surface area contributed by atoms with Crippen LogP contribution >= 0.6 is 0 Å². The molecule has 4 rings (SSSR count). The smallest absolute Gasteiger partial charge is 0.407 e. The van der Waals surface area contributed by atoms with Crippen LogP contribution in [0.5, 0.6) is 11.5 Å². The molecule has 1 atom stereocenters. The molecular weight excluding hydrogens is 332 g/mol. The van der Waals surface area contributed by atoms with Gasteiger partial charge in [-0.2, -0.15) is 0 Å². The van der Waals surface area contributed by atoms with Crippen molar-refractivity contribution in [3.8, 4) is 22.6 Å². The molecule has 2 aromatic carbocycles. The Balaban J connectivity index is 1.61. The van der Waals surface area contributed by atoms with Gasteiger partial charge in [0.15, 0.2) is 11.5 Å². The summed E-state index contributed by atoms with van der Waals surface area (Å²) >= 11 is 0. The fourth-order valence-electron chi connectivity index (χ4n) is 3.58. The molecule has 2 aliphatic heterocycles. The molecule has 2 aliphatic rings. The molecule has 26 heavy (non-hydrogen) atoms. The fraction of sp³-hybridized carbons (Fsp3) is 0.350. The first kappa shape index (κ1) is 16.7. The van der Waals surface area contributed by atoms with E-state index in [2.05, 4.69) is 35.3 Å². The van der Waals surface area contributed by atoms with Crippen molar-refractivity contribution in [2.75, 3.05) is 26.2 Å². The Labute approximate surface area is 152 Å². The minimum Gasteiger partial charge on any atom is -0.504 e. The minimum atomic E-state index is -0.360. The van der Waals surface area contributed by atoms with Crippen molar-refractivity contribution in [2.24, 2.45) is 0 Å². The van der Waals surface area contributed by atoms with Gasteiger partial charge in [0.25, 0.3) is 0 Å². The van der Waals surface area contributed by atoms with E-state index in [1.54, 1.807) is 6.07 Å². The highest BCUT2D eigenvalue weighted by atomic mass is 16.6. The average molecular weight is 354 g/mol. The molecule has 2 N–H and O–H groups in total. The summed E-state index contributed by atoms with van der Waals surface area (Å²) in [7, 11) is 0. The molecule has 1 amide bonds. The Morgan fingerprint density at radius 1 is 1.31 bits per heavy atom. The number of phenols is 1. The highest BCUT2D eigenvalue weighted by Gasteiger charge is 2.27. The van der Waals surface area contributed by atoms with E-state index >= 15 is 0 Å². The van der Waals surface area contributed by atoms with Gasteiger partial charge >= 0.3 is 6.09 Å². The Kier molecular flexibility index (Phi) is 4.42. The number of amides is 1. The Bertz CT molecular complexity index is 837. The zero-order valence-corrected chi connectivity index (χ0v) is 14.7. The van der Waals surface area contributed by atoms with E-state index < -0.39 is 0 Å². The molecule has 6 nitrogen and oxygen atoms in total. The molecule has 1 fully saturated rings. The van der Waals surface area contributed by atoms with Gasteiger partial charge in [-0.25, -0.2) is 4.79 Å². The van der Waals surface area contributed by atoms with Crippen LogP contribution in [0.3, 0.4) is 0 Å². The summed E-state index contributed by atoms with van der Waals surface area (Å²) in [4.78, 5) is 13.4. The SMILES string of the molecule is Cc1ccccc1-c1cc(O)c2c(c1)CN(CC1CNC(=O)O1)CCO2. The molecule has 0 spiro atoms. The molecule has 2 heterocycles. The summed E-state index contributed by atoms with van der Waals surface area (Å²) in [5.74, 6) is 0.711. The fourth-order valence-corrected chi connectivity index (χ4v) is 3.58. The van der Waals surface area contributed by atoms with Crippen LogP contribution in [0.25, 0.3) is 11.1 Å². The first-order valence-corrected chi connectivity index (χ1v) is 8.81. The van der Waals surface area contributed by atoms with Gasteiger partial charge in [0.1, 0.15) is 12.7 Å². The number of nitrogens with one attached hydrogen (secondary N) is 1. The molecule has 1 unspecified atom stereocenters. The van der Waals surface area contributed by atoms with Gasteiger partial charge in [-0.1, -0.05) is 24.3 Å². The molecular formula is C20H22N2O4. The van der Waals surface area contributed by atoms with Crippen LogP contribution in [0, 0.1) is 6.92 Å². The summed E-state index contributed by atoms with van der Waals surface area (Å²) in [5.41, 5.74) is 4.16. The number of carbonyl (C=O) groups is 1. The van der Waals surface area contributed by atoms with E-state index in [4.69, 9.17) is 9.47 Å². The van der Waals surface area contributed by atoms with E-state index in [0.717, 1.165) is 22.3 Å². The maximum Gasteiger partial charge on any atom is 0.407 e. The van der Waals surface area contributed by atoms with E-state index in [1.165, 1.54) is 0 Å².